The van der Waals surface area contributed by atoms with E-state index >= 15 is 0 Å². The van der Waals surface area contributed by atoms with E-state index in [1.165, 1.54) is 6.26 Å². The lowest BCUT2D eigenvalue weighted by Gasteiger charge is -2.24. The summed E-state index contributed by atoms with van der Waals surface area (Å²) >= 11 is 0. The number of hydrogen-bond donors (Lipinski definition) is 2. The number of anilines is 2. The summed E-state index contributed by atoms with van der Waals surface area (Å²) < 4.78 is 22.2. The van der Waals surface area contributed by atoms with Crippen LogP contribution in [0.5, 0.6) is 0 Å². The van der Waals surface area contributed by atoms with Gasteiger partial charge in [-0.25, -0.2) is 8.42 Å². The molecule has 1 aromatic rings. The van der Waals surface area contributed by atoms with Crippen LogP contribution in [-0.2, 0) is 9.84 Å². The van der Waals surface area contributed by atoms with Crippen molar-refractivity contribution in [2.45, 2.75) is 18.6 Å². The first-order valence-electron chi connectivity index (χ1n) is 5.41. The van der Waals surface area contributed by atoms with Crippen molar-refractivity contribution in [3.8, 4) is 6.07 Å². The van der Waals surface area contributed by atoms with Crippen LogP contribution in [0.4, 0.5) is 11.4 Å². The summed E-state index contributed by atoms with van der Waals surface area (Å²) in [4.78, 5) is 0. The Morgan fingerprint density at radius 3 is 2.56 bits per heavy atom. The molecule has 1 aromatic carbocycles. The molecule has 0 aromatic heterocycles. The van der Waals surface area contributed by atoms with E-state index < -0.39 is 14.6 Å². The molecule has 0 fully saturated rings. The number of rotatable bonds is 4. The van der Waals surface area contributed by atoms with Crippen LogP contribution in [-0.4, -0.2) is 26.0 Å². The number of sulfone groups is 1. The van der Waals surface area contributed by atoms with Crippen molar-refractivity contribution in [3.05, 3.63) is 23.8 Å². The number of nitrogen functional groups attached to an aromatic ring is 1. The lowest BCUT2D eigenvalue weighted by molar-refractivity contribution is 0.560. The normalized spacial score (nSPS) is 11.9. The SMILES string of the molecule is CC(C)(CNc1cccc(C#N)c1N)S(C)(=O)=O. The zero-order valence-corrected chi connectivity index (χ0v) is 11.5. The average molecular weight is 267 g/mol. The second-order valence-electron chi connectivity index (χ2n) is 4.76. The van der Waals surface area contributed by atoms with E-state index in [4.69, 9.17) is 11.0 Å². The number of nitriles is 1. The third kappa shape index (κ3) is 2.93. The van der Waals surface area contributed by atoms with Crippen molar-refractivity contribution < 1.29 is 8.42 Å². The van der Waals surface area contributed by atoms with Crippen LogP contribution < -0.4 is 11.1 Å². The van der Waals surface area contributed by atoms with E-state index in [-0.39, 0.29) is 6.54 Å². The van der Waals surface area contributed by atoms with Gasteiger partial charge < -0.3 is 11.1 Å². The van der Waals surface area contributed by atoms with Crippen LogP contribution in [0.2, 0.25) is 0 Å². The molecule has 0 saturated heterocycles. The maximum Gasteiger partial charge on any atom is 0.154 e. The highest BCUT2D eigenvalue weighted by Crippen LogP contribution is 2.24. The molecule has 18 heavy (non-hydrogen) atoms. The number of para-hydroxylation sites is 1. The number of benzene rings is 1. The number of hydrogen-bond acceptors (Lipinski definition) is 5. The Balaban J connectivity index is 2.93. The van der Waals surface area contributed by atoms with E-state index in [1.54, 1.807) is 32.0 Å². The van der Waals surface area contributed by atoms with Crippen LogP contribution in [0.1, 0.15) is 19.4 Å². The molecular weight excluding hydrogens is 250 g/mol. The summed E-state index contributed by atoms with van der Waals surface area (Å²) in [5, 5.41) is 11.8. The molecule has 0 amide bonds. The van der Waals surface area contributed by atoms with Crippen LogP contribution in [0.3, 0.4) is 0 Å². The van der Waals surface area contributed by atoms with Gasteiger partial charge in [0.05, 0.1) is 21.7 Å². The molecule has 0 saturated carbocycles. The molecule has 0 aliphatic rings. The van der Waals surface area contributed by atoms with Crippen LogP contribution in [0, 0.1) is 11.3 Å². The molecule has 0 spiro atoms. The first-order valence-corrected chi connectivity index (χ1v) is 7.30. The average Bonchev–Trinajstić information content (AvgIpc) is 2.26. The summed E-state index contributed by atoms with van der Waals surface area (Å²) in [6, 6.07) is 7.01. The molecule has 0 unspecified atom stereocenters. The zero-order valence-electron chi connectivity index (χ0n) is 10.7. The maximum absolute atomic E-state index is 11.6. The molecule has 0 aliphatic heterocycles. The van der Waals surface area contributed by atoms with Gasteiger partial charge in [-0.2, -0.15) is 5.26 Å². The van der Waals surface area contributed by atoms with Gasteiger partial charge >= 0.3 is 0 Å². The van der Waals surface area contributed by atoms with Crippen molar-refractivity contribution in [3.63, 3.8) is 0 Å². The van der Waals surface area contributed by atoms with Gasteiger partial charge in [0.15, 0.2) is 9.84 Å². The highest BCUT2D eigenvalue weighted by molar-refractivity contribution is 7.92. The van der Waals surface area contributed by atoms with Crippen molar-refractivity contribution >= 4 is 21.2 Å². The molecule has 3 N–H and O–H groups in total. The highest BCUT2D eigenvalue weighted by atomic mass is 32.2. The summed E-state index contributed by atoms with van der Waals surface area (Å²) in [6.45, 7) is 3.50. The molecule has 98 valence electrons. The van der Waals surface area contributed by atoms with Gasteiger partial charge in [0.1, 0.15) is 6.07 Å². The second kappa shape index (κ2) is 4.86. The summed E-state index contributed by atoms with van der Waals surface area (Å²) in [6.07, 6.45) is 1.20. The van der Waals surface area contributed by atoms with E-state index in [2.05, 4.69) is 5.32 Å². The fourth-order valence-electron chi connectivity index (χ4n) is 1.26. The van der Waals surface area contributed by atoms with E-state index in [9.17, 15) is 8.42 Å². The number of nitrogens with two attached hydrogens (primary N) is 1. The molecule has 5 nitrogen and oxygen atoms in total. The molecule has 0 heterocycles. The van der Waals surface area contributed by atoms with Gasteiger partial charge in [-0.1, -0.05) is 6.07 Å². The first-order chi connectivity index (χ1) is 8.19. The predicted molar refractivity (Wildman–Crippen MR) is 73.0 cm³/mol. The van der Waals surface area contributed by atoms with Crippen molar-refractivity contribution in [2.75, 3.05) is 23.9 Å². The largest absolute Gasteiger partial charge is 0.396 e. The van der Waals surface area contributed by atoms with E-state index in [0.29, 0.717) is 16.9 Å². The second-order valence-corrected chi connectivity index (χ2v) is 7.41. The van der Waals surface area contributed by atoms with Crippen LogP contribution in [0.15, 0.2) is 18.2 Å². The van der Waals surface area contributed by atoms with Crippen molar-refractivity contribution in [1.82, 2.24) is 0 Å². The Morgan fingerprint density at radius 2 is 2.06 bits per heavy atom. The number of nitrogens with zero attached hydrogens (tertiary/aromatic N) is 1. The third-order valence-electron chi connectivity index (χ3n) is 2.93. The molecule has 0 radical (unpaired) electrons. The molecule has 6 heteroatoms. The third-order valence-corrected chi connectivity index (χ3v) is 5.09. The van der Waals surface area contributed by atoms with Crippen molar-refractivity contribution in [2.24, 2.45) is 0 Å². The van der Waals surface area contributed by atoms with Gasteiger partial charge in [0.2, 0.25) is 0 Å². The minimum absolute atomic E-state index is 0.227. The van der Waals surface area contributed by atoms with Gasteiger partial charge in [-0.05, 0) is 26.0 Å². The highest BCUT2D eigenvalue weighted by Gasteiger charge is 2.29. The lowest BCUT2D eigenvalue weighted by atomic mass is 10.1. The summed E-state index contributed by atoms with van der Waals surface area (Å²) in [7, 11) is -3.17. The fourth-order valence-corrected chi connectivity index (χ4v) is 1.59. The Labute approximate surface area is 108 Å². The Bertz CT molecular complexity index is 586. The zero-order chi connectivity index (χ0) is 14.0. The Hall–Kier alpha value is -1.74. The van der Waals surface area contributed by atoms with E-state index in [0.717, 1.165) is 0 Å². The van der Waals surface area contributed by atoms with Crippen LogP contribution >= 0.6 is 0 Å². The van der Waals surface area contributed by atoms with Gasteiger partial charge in [-0.15, -0.1) is 0 Å². The van der Waals surface area contributed by atoms with Gasteiger partial charge in [0, 0.05) is 12.8 Å². The van der Waals surface area contributed by atoms with Gasteiger partial charge in [0.25, 0.3) is 0 Å². The minimum Gasteiger partial charge on any atom is -0.396 e. The standard InChI is InChI=1S/C12H17N3O2S/c1-12(2,18(3,16)17)8-15-10-6-4-5-9(7-13)11(10)14/h4-6,15H,8,14H2,1-3H3. The summed E-state index contributed by atoms with van der Waals surface area (Å²) in [5.41, 5.74) is 7.08. The smallest absolute Gasteiger partial charge is 0.154 e. The molecule has 0 bridgehead atoms. The molecular formula is C12H17N3O2S. The molecule has 0 atom stereocenters. The predicted octanol–water partition coefficient (Wildman–Crippen LogP) is 1.38. The Kier molecular flexibility index (Phi) is 3.87. The minimum atomic E-state index is -3.17. The monoisotopic (exact) mass is 267 g/mol. The maximum atomic E-state index is 11.6. The quantitative estimate of drug-likeness (QED) is 0.803. The van der Waals surface area contributed by atoms with Gasteiger partial charge in [-0.3, -0.25) is 0 Å². The number of nitrogens with one attached hydrogen (secondary N) is 1. The first kappa shape index (κ1) is 14.3. The van der Waals surface area contributed by atoms with E-state index in [1.807, 2.05) is 6.07 Å². The lowest BCUT2D eigenvalue weighted by Crippen LogP contribution is -2.38. The topological polar surface area (TPSA) is 96.0 Å². The molecule has 0 aliphatic carbocycles. The fraction of sp³-hybridized carbons (Fsp3) is 0.417. The summed E-state index contributed by atoms with van der Waals surface area (Å²) in [5.74, 6) is 0. The van der Waals surface area contributed by atoms with Crippen molar-refractivity contribution in [1.29, 1.82) is 5.26 Å². The van der Waals surface area contributed by atoms with Crippen LogP contribution in [0.25, 0.3) is 0 Å². The Morgan fingerprint density at radius 1 is 1.44 bits per heavy atom. The molecule has 1 rings (SSSR count).